The normalized spacial score (nSPS) is 30.2. The fourth-order valence-electron chi connectivity index (χ4n) is 3.66. The van der Waals surface area contributed by atoms with Crippen LogP contribution in [0.25, 0.3) is 0 Å². The number of nitrogens with two attached hydrogens (primary N) is 1. The van der Waals surface area contributed by atoms with E-state index in [-0.39, 0.29) is 23.5 Å². The van der Waals surface area contributed by atoms with Gasteiger partial charge in [0.15, 0.2) is 0 Å². The van der Waals surface area contributed by atoms with Gasteiger partial charge < -0.3 is 15.4 Å². The van der Waals surface area contributed by atoms with E-state index in [4.69, 9.17) is 10.5 Å². The molecule has 2 N–H and O–H groups in total. The van der Waals surface area contributed by atoms with Crippen LogP contribution in [-0.2, 0) is 9.53 Å². The minimum Gasteiger partial charge on any atom is -0.372 e. The van der Waals surface area contributed by atoms with Crippen molar-refractivity contribution in [3.05, 3.63) is 0 Å². The van der Waals surface area contributed by atoms with Gasteiger partial charge in [-0.15, -0.1) is 0 Å². The van der Waals surface area contributed by atoms with Crippen LogP contribution in [0.4, 0.5) is 0 Å². The van der Waals surface area contributed by atoms with E-state index in [0.717, 1.165) is 32.4 Å². The fraction of sp³-hybridized carbons (Fsp3) is 0.938. The maximum absolute atomic E-state index is 12.7. The van der Waals surface area contributed by atoms with Gasteiger partial charge in [0.2, 0.25) is 5.91 Å². The van der Waals surface area contributed by atoms with Crippen molar-refractivity contribution in [2.45, 2.75) is 71.0 Å². The Labute approximate surface area is 123 Å². The quantitative estimate of drug-likeness (QED) is 0.861. The van der Waals surface area contributed by atoms with E-state index in [1.54, 1.807) is 0 Å². The molecular formula is C16H30N2O2. The van der Waals surface area contributed by atoms with Gasteiger partial charge in [0.25, 0.3) is 0 Å². The Hall–Kier alpha value is -0.610. The smallest absolute Gasteiger partial charge is 0.223 e. The van der Waals surface area contributed by atoms with Crippen LogP contribution in [0.2, 0.25) is 0 Å². The van der Waals surface area contributed by atoms with Crippen molar-refractivity contribution in [3.63, 3.8) is 0 Å². The average Bonchev–Trinajstić information content (AvgIpc) is 2.47. The standard InChI is InChI=1S/C16H30N2O2/c1-3-14-11-18(10-13(2)20-14)15(19)9-16(12-17)7-5-4-6-8-16/h13-14H,3-12,17H2,1-2H3. The molecule has 1 aliphatic heterocycles. The Morgan fingerprint density at radius 3 is 2.60 bits per heavy atom. The number of morpholine rings is 1. The zero-order valence-corrected chi connectivity index (χ0v) is 13.1. The van der Waals surface area contributed by atoms with Gasteiger partial charge >= 0.3 is 0 Å². The third kappa shape index (κ3) is 3.73. The summed E-state index contributed by atoms with van der Waals surface area (Å²) in [6.07, 6.45) is 7.92. The highest BCUT2D eigenvalue weighted by atomic mass is 16.5. The van der Waals surface area contributed by atoms with E-state index in [9.17, 15) is 4.79 Å². The molecule has 2 rings (SSSR count). The van der Waals surface area contributed by atoms with Gasteiger partial charge in [0.05, 0.1) is 12.2 Å². The Kier molecular flexibility index (Phi) is 5.44. The van der Waals surface area contributed by atoms with Crippen molar-refractivity contribution in [2.24, 2.45) is 11.1 Å². The van der Waals surface area contributed by atoms with Crippen LogP contribution in [0, 0.1) is 5.41 Å². The Morgan fingerprint density at radius 1 is 1.30 bits per heavy atom. The highest BCUT2D eigenvalue weighted by Crippen LogP contribution is 2.39. The number of rotatable bonds is 4. The lowest BCUT2D eigenvalue weighted by Gasteiger charge is -2.40. The maximum atomic E-state index is 12.7. The van der Waals surface area contributed by atoms with Gasteiger partial charge in [-0.1, -0.05) is 26.2 Å². The van der Waals surface area contributed by atoms with E-state index in [0.29, 0.717) is 13.0 Å². The topological polar surface area (TPSA) is 55.6 Å². The van der Waals surface area contributed by atoms with Crippen LogP contribution in [-0.4, -0.2) is 42.6 Å². The molecule has 1 saturated carbocycles. The molecule has 2 atom stereocenters. The highest BCUT2D eigenvalue weighted by Gasteiger charge is 2.36. The summed E-state index contributed by atoms with van der Waals surface area (Å²) >= 11 is 0. The summed E-state index contributed by atoms with van der Waals surface area (Å²) in [5, 5.41) is 0. The Bertz CT molecular complexity index is 326. The number of hydrogen-bond acceptors (Lipinski definition) is 3. The molecule has 4 nitrogen and oxygen atoms in total. The lowest BCUT2D eigenvalue weighted by atomic mass is 9.71. The lowest BCUT2D eigenvalue weighted by molar-refractivity contribution is -0.147. The summed E-state index contributed by atoms with van der Waals surface area (Å²) in [5.41, 5.74) is 6.07. The van der Waals surface area contributed by atoms with Crippen LogP contribution in [0.5, 0.6) is 0 Å². The molecule has 4 heteroatoms. The number of nitrogens with zero attached hydrogens (tertiary/aromatic N) is 1. The molecule has 0 aromatic rings. The largest absolute Gasteiger partial charge is 0.372 e. The Balaban J connectivity index is 1.95. The van der Waals surface area contributed by atoms with Crippen molar-refractivity contribution in [2.75, 3.05) is 19.6 Å². The minimum absolute atomic E-state index is 0.0680. The predicted molar refractivity (Wildman–Crippen MR) is 80.4 cm³/mol. The second kappa shape index (κ2) is 6.90. The van der Waals surface area contributed by atoms with Crippen molar-refractivity contribution >= 4 is 5.91 Å². The third-order valence-corrected chi connectivity index (χ3v) is 5.01. The van der Waals surface area contributed by atoms with Crippen LogP contribution in [0.15, 0.2) is 0 Å². The second-order valence-electron chi connectivity index (χ2n) is 6.72. The number of carbonyl (C=O) groups is 1. The van der Waals surface area contributed by atoms with Crippen LogP contribution in [0.3, 0.4) is 0 Å². The molecular weight excluding hydrogens is 252 g/mol. The van der Waals surface area contributed by atoms with Crippen molar-refractivity contribution < 1.29 is 9.53 Å². The van der Waals surface area contributed by atoms with Gasteiger partial charge in [-0.3, -0.25) is 4.79 Å². The van der Waals surface area contributed by atoms with Crippen LogP contribution >= 0.6 is 0 Å². The molecule has 116 valence electrons. The molecule has 1 amide bonds. The first kappa shape index (κ1) is 15.8. The molecule has 0 aromatic heterocycles. The summed E-state index contributed by atoms with van der Waals surface area (Å²) < 4.78 is 5.84. The van der Waals surface area contributed by atoms with Gasteiger partial charge in [-0.25, -0.2) is 0 Å². The number of amides is 1. The summed E-state index contributed by atoms with van der Waals surface area (Å²) in [7, 11) is 0. The first-order chi connectivity index (χ1) is 9.58. The fourth-order valence-corrected chi connectivity index (χ4v) is 3.66. The second-order valence-corrected chi connectivity index (χ2v) is 6.72. The summed E-state index contributed by atoms with van der Waals surface area (Å²) in [6, 6.07) is 0. The summed E-state index contributed by atoms with van der Waals surface area (Å²) in [4.78, 5) is 14.7. The molecule has 0 aromatic carbocycles. The first-order valence-corrected chi connectivity index (χ1v) is 8.22. The first-order valence-electron chi connectivity index (χ1n) is 8.22. The zero-order chi connectivity index (χ0) is 14.6. The van der Waals surface area contributed by atoms with Crippen molar-refractivity contribution in [1.29, 1.82) is 0 Å². The average molecular weight is 282 g/mol. The van der Waals surface area contributed by atoms with E-state index in [1.165, 1.54) is 19.3 Å². The van der Waals surface area contributed by atoms with Gasteiger partial charge in [-0.05, 0) is 38.1 Å². The zero-order valence-electron chi connectivity index (χ0n) is 13.1. The van der Waals surface area contributed by atoms with Crippen molar-refractivity contribution in [1.82, 2.24) is 4.90 Å². The molecule has 2 fully saturated rings. The summed E-state index contributed by atoms with van der Waals surface area (Å²) in [6.45, 7) is 6.31. The lowest BCUT2D eigenvalue weighted by Crippen LogP contribution is -2.50. The van der Waals surface area contributed by atoms with Gasteiger partial charge in [0.1, 0.15) is 0 Å². The molecule has 2 aliphatic rings. The number of ether oxygens (including phenoxy) is 1. The van der Waals surface area contributed by atoms with Gasteiger partial charge in [-0.2, -0.15) is 0 Å². The molecule has 1 aliphatic carbocycles. The molecule has 0 radical (unpaired) electrons. The monoisotopic (exact) mass is 282 g/mol. The maximum Gasteiger partial charge on any atom is 0.223 e. The van der Waals surface area contributed by atoms with Crippen LogP contribution < -0.4 is 5.73 Å². The van der Waals surface area contributed by atoms with E-state index >= 15 is 0 Å². The predicted octanol–water partition coefficient (Wildman–Crippen LogP) is 2.31. The van der Waals surface area contributed by atoms with E-state index in [2.05, 4.69) is 13.8 Å². The van der Waals surface area contributed by atoms with E-state index in [1.807, 2.05) is 4.90 Å². The van der Waals surface area contributed by atoms with Crippen molar-refractivity contribution in [3.8, 4) is 0 Å². The van der Waals surface area contributed by atoms with Gasteiger partial charge in [0, 0.05) is 19.5 Å². The molecule has 1 heterocycles. The molecule has 2 unspecified atom stereocenters. The molecule has 0 bridgehead atoms. The van der Waals surface area contributed by atoms with Crippen LogP contribution in [0.1, 0.15) is 58.8 Å². The minimum atomic E-state index is 0.0680. The highest BCUT2D eigenvalue weighted by molar-refractivity contribution is 5.77. The molecule has 20 heavy (non-hydrogen) atoms. The van der Waals surface area contributed by atoms with E-state index < -0.39 is 0 Å². The molecule has 0 spiro atoms. The SMILES string of the molecule is CCC1CN(C(=O)CC2(CN)CCCCC2)CC(C)O1. The number of hydrogen-bond donors (Lipinski definition) is 1. The third-order valence-electron chi connectivity index (χ3n) is 5.01. The Morgan fingerprint density at radius 2 is 2.00 bits per heavy atom. The summed E-state index contributed by atoms with van der Waals surface area (Å²) in [5.74, 6) is 0.283. The number of carbonyl (C=O) groups excluding carboxylic acids is 1. The molecule has 1 saturated heterocycles.